The monoisotopic (exact) mass is 260 g/mol. The van der Waals surface area contributed by atoms with Crippen molar-refractivity contribution in [3.05, 3.63) is 62.3 Å². The average molecular weight is 261 g/mol. The highest BCUT2D eigenvalue weighted by atomic mass is 35.5. The van der Waals surface area contributed by atoms with Gasteiger partial charge in [0.2, 0.25) is 0 Å². The van der Waals surface area contributed by atoms with E-state index in [2.05, 4.69) is 0 Å². The highest BCUT2D eigenvalue weighted by Crippen LogP contribution is 2.30. The Bertz CT molecular complexity index is 625. The Morgan fingerprint density at radius 2 is 2.00 bits per heavy atom. The van der Waals surface area contributed by atoms with E-state index in [0.29, 0.717) is 0 Å². The second-order valence-electron chi connectivity index (χ2n) is 3.97. The first-order valence-electron chi connectivity index (χ1n) is 5.32. The molecule has 1 nitrogen and oxygen atoms in total. The van der Waals surface area contributed by atoms with Gasteiger partial charge in [0.25, 0.3) is 0 Å². The van der Waals surface area contributed by atoms with E-state index in [1.165, 1.54) is 11.3 Å². The molecule has 0 spiro atoms. The molecular weight excluding hydrogens is 252 g/mol. The van der Waals surface area contributed by atoms with Gasteiger partial charge in [0.05, 0.1) is 4.34 Å². The van der Waals surface area contributed by atoms with E-state index in [1.54, 1.807) is 0 Å². The van der Waals surface area contributed by atoms with Crippen LogP contribution in [0, 0.1) is 0 Å². The number of benzene rings is 1. The smallest absolute Gasteiger partial charge is 0.189 e. The summed E-state index contributed by atoms with van der Waals surface area (Å²) < 4.78 is 0.750. The molecule has 0 unspecified atom stereocenters. The Morgan fingerprint density at radius 3 is 2.71 bits per heavy atom. The summed E-state index contributed by atoms with van der Waals surface area (Å²) in [5, 5.41) is 0. The summed E-state index contributed by atoms with van der Waals surface area (Å²) in [5.74, 6) is 0.144. The molecule has 0 N–H and O–H groups in total. The minimum atomic E-state index is 0.144. The minimum Gasteiger partial charge on any atom is -0.289 e. The van der Waals surface area contributed by atoms with Crippen LogP contribution >= 0.6 is 22.9 Å². The van der Waals surface area contributed by atoms with Gasteiger partial charge < -0.3 is 0 Å². The highest BCUT2D eigenvalue weighted by Gasteiger charge is 2.23. The van der Waals surface area contributed by atoms with Crippen LogP contribution in [0.2, 0.25) is 4.34 Å². The quantitative estimate of drug-likeness (QED) is 0.702. The van der Waals surface area contributed by atoms with E-state index in [1.807, 2.05) is 42.5 Å². The predicted octanol–water partition coefficient (Wildman–Crippen LogP) is 4.22. The fourth-order valence-electron chi connectivity index (χ4n) is 2.05. The molecule has 2 aromatic rings. The molecule has 3 heteroatoms. The summed E-state index contributed by atoms with van der Waals surface area (Å²) in [6.45, 7) is 0. The number of halogens is 1. The lowest BCUT2D eigenvalue weighted by atomic mass is 10.1. The Morgan fingerprint density at radius 1 is 1.18 bits per heavy atom. The zero-order valence-corrected chi connectivity index (χ0v) is 10.5. The molecule has 0 radical (unpaired) electrons. The van der Waals surface area contributed by atoms with Crippen molar-refractivity contribution in [1.82, 2.24) is 0 Å². The normalized spacial score (nSPS) is 16.5. The van der Waals surface area contributed by atoms with Gasteiger partial charge in [0, 0.05) is 22.4 Å². The first-order valence-corrected chi connectivity index (χ1v) is 6.52. The molecule has 84 valence electrons. The maximum Gasteiger partial charge on any atom is 0.189 e. The average Bonchev–Trinajstić information content (AvgIpc) is 2.86. The van der Waals surface area contributed by atoms with Crippen molar-refractivity contribution in [2.24, 2.45) is 0 Å². The van der Waals surface area contributed by atoms with Crippen LogP contribution in [0.1, 0.15) is 20.8 Å². The van der Waals surface area contributed by atoms with E-state index < -0.39 is 0 Å². The maximum absolute atomic E-state index is 12.1. The van der Waals surface area contributed by atoms with E-state index >= 15 is 0 Å². The first kappa shape index (κ1) is 10.8. The van der Waals surface area contributed by atoms with Crippen LogP contribution in [0.25, 0.3) is 6.08 Å². The summed E-state index contributed by atoms with van der Waals surface area (Å²) in [6.07, 6.45) is 2.67. The van der Waals surface area contributed by atoms with Gasteiger partial charge in [-0.1, -0.05) is 35.9 Å². The molecular formula is C14H9ClOS. The molecule has 0 saturated heterocycles. The Labute approximate surface area is 108 Å². The van der Waals surface area contributed by atoms with Crippen molar-refractivity contribution in [1.29, 1.82) is 0 Å². The Kier molecular flexibility index (Phi) is 2.61. The van der Waals surface area contributed by atoms with Crippen molar-refractivity contribution in [2.75, 3.05) is 0 Å². The van der Waals surface area contributed by atoms with Crippen LogP contribution in [0.15, 0.2) is 42.0 Å². The van der Waals surface area contributed by atoms with Gasteiger partial charge in [-0.05, 0) is 23.8 Å². The molecule has 17 heavy (non-hydrogen) atoms. The fourth-order valence-corrected chi connectivity index (χ4v) is 3.08. The van der Waals surface area contributed by atoms with Gasteiger partial charge in [-0.2, -0.15) is 0 Å². The van der Waals surface area contributed by atoms with Gasteiger partial charge in [-0.25, -0.2) is 0 Å². The Hall–Kier alpha value is -1.38. The summed E-state index contributed by atoms with van der Waals surface area (Å²) >= 11 is 7.37. The lowest BCUT2D eigenvalue weighted by molar-refractivity contribution is 0.104. The van der Waals surface area contributed by atoms with Gasteiger partial charge in [-0.15, -0.1) is 11.3 Å². The predicted molar refractivity (Wildman–Crippen MR) is 71.8 cm³/mol. The maximum atomic E-state index is 12.1. The summed E-state index contributed by atoms with van der Waals surface area (Å²) in [7, 11) is 0. The molecule has 1 aromatic carbocycles. The van der Waals surface area contributed by atoms with E-state index in [0.717, 1.165) is 32.3 Å². The Balaban J connectivity index is 1.99. The molecule has 0 fully saturated rings. The first-order chi connectivity index (χ1) is 8.24. The minimum absolute atomic E-state index is 0.144. The van der Waals surface area contributed by atoms with Crippen LogP contribution in [0.4, 0.5) is 0 Å². The molecule has 3 rings (SSSR count). The number of hydrogen-bond acceptors (Lipinski definition) is 2. The number of carbonyl (C=O) groups is 1. The topological polar surface area (TPSA) is 17.1 Å². The molecule has 0 aliphatic heterocycles. The SMILES string of the molecule is O=C1/C(=C/c2ccc(Cl)s2)Cc2ccccc21. The van der Waals surface area contributed by atoms with E-state index in [4.69, 9.17) is 11.6 Å². The van der Waals surface area contributed by atoms with Gasteiger partial charge in [-0.3, -0.25) is 4.79 Å². The summed E-state index contributed by atoms with van der Waals surface area (Å²) in [5.41, 5.74) is 2.80. The van der Waals surface area contributed by atoms with Crippen LogP contribution in [0.5, 0.6) is 0 Å². The molecule has 0 saturated carbocycles. The lowest BCUT2D eigenvalue weighted by Gasteiger charge is -1.92. The largest absolute Gasteiger partial charge is 0.289 e. The van der Waals surface area contributed by atoms with Crippen LogP contribution < -0.4 is 0 Å². The molecule has 1 aliphatic carbocycles. The number of allylic oxidation sites excluding steroid dienone is 1. The molecule has 1 aliphatic rings. The number of hydrogen-bond donors (Lipinski definition) is 0. The zero-order valence-electron chi connectivity index (χ0n) is 8.94. The van der Waals surface area contributed by atoms with Crippen molar-refractivity contribution >= 4 is 34.8 Å². The number of thiophene rings is 1. The van der Waals surface area contributed by atoms with Gasteiger partial charge in [0.1, 0.15) is 0 Å². The van der Waals surface area contributed by atoms with Crippen molar-refractivity contribution in [2.45, 2.75) is 6.42 Å². The third-order valence-corrected chi connectivity index (χ3v) is 4.02. The molecule has 1 aromatic heterocycles. The highest BCUT2D eigenvalue weighted by molar-refractivity contribution is 7.17. The third-order valence-electron chi connectivity index (χ3n) is 2.85. The number of ketones is 1. The number of fused-ring (bicyclic) bond motifs is 1. The second kappa shape index (κ2) is 4.13. The number of rotatable bonds is 1. The zero-order chi connectivity index (χ0) is 11.8. The van der Waals surface area contributed by atoms with Crippen LogP contribution in [-0.2, 0) is 6.42 Å². The van der Waals surface area contributed by atoms with Gasteiger partial charge >= 0.3 is 0 Å². The van der Waals surface area contributed by atoms with Crippen molar-refractivity contribution < 1.29 is 4.79 Å². The molecule has 0 atom stereocenters. The molecule has 1 heterocycles. The van der Waals surface area contributed by atoms with Crippen molar-refractivity contribution in [3.63, 3.8) is 0 Å². The lowest BCUT2D eigenvalue weighted by Crippen LogP contribution is -1.94. The van der Waals surface area contributed by atoms with Crippen LogP contribution in [-0.4, -0.2) is 5.78 Å². The summed E-state index contributed by atoms with van der Waals surface area (Å²) in [6, 6.07) is 11.6. The number of Topliss-reactive ketones (excluding diaryl/α,β-unsaturated/α-hetero) is 1. The summed E-state index contributed by atoms with van der Waals surface area (Å²) in [4.78, 5) is 13.1. The van der Waals surface area contributed by atoms with Crippen molar-refractivity contribution in [3.8, 4) is 0 Å². The standard InChI is InChI=1S/C14H9ClOS/c15-13-6-5-11(17-13)8-10-7-9-3-1-2-4-12(9)14(10)16/h1-6,8H,7H2/b10-8+. The third kappa shape index (κ3) is 1.94. The van der Waals surface area contributed by atoms with Crippen LogP contribution in [0.3, 0.4) is 0 Å². The van der Waals surface area contributed by atoms with E-state index in [9.17, 15) is 4.79 Å². The van der Waals surface area contributed by atoms with Gasteiger partial charge in [0.15, 0.2) is 5.78 Å². The molecule has 0 bridgehead atoms. The molecule has 0 amide bonds. The second-order valence-corrected chi connectivity index (χ2v) is 5.72. The fraction of sp³-hybridized carbons (Fsp3) is 0.0714. The number of carbonyl (C=O) groups excluding carboxylic acids is 1. The van der Waals surface area contributed by atoms with E-state index in [-0.39, 0.29) is 5.78 Å².